The van der Waals surface area contributed by atoms with Crippen molar-refractivity contribution in [3.63, 3.8) is 0 Å². The molecule has 0 amide bonds. The van der Waals surface area contributed by atoms with Gasteiger partial charge >= 0.3 is 0 Å². The smallest absolute Gasteiger partial charge is 0.124 e. The highest BCUT2D eigenvalue weighted by molar-refractivity contribution is 7.15. The maximum atomic E-state index is 4.81. The lowest BCUT2D eigenvalue weighted by molar-refractivity contribution is 0.813. The average Bonchev–Trinajstić information content (AvgIpc) is 3.13. The Morgan fingerprint density at radius 2 is 2.12 bits per heavy atom. The molecule has 0 aliphatic heterocycles. The molecule has 1 aliphatic carbocycles. The van der Waals surface area contributed by atoms with Gasteiger partial charge in [-0.25, -0.2) is 4.98 Å². The number of hydrogen-bond acceptors (Lipinski definition) is 4. The van der Waals surface area contributed by atoms with Crippen LogP contribution in [0.2, 0.25) is 0 Å². The molecule has 1 saturated carbocycles. The highest BCUT2D eigenvalue weighted by Crippen LogP contribution is 2.44. The molecule has 17 heavy (non-hydrogen) atoms. The van der Waals surface area contributed by atoms with Crippen LogP contribution in [0.1, 0.15) is 29.3 Å². The van der Waals surface area contributed by atoms with Crippen molar-refractivity contribution in [2.45, 2.75) is 25.3 Å². The van der Waals surface area contributed by atoms with Gasteiger partial charge in [-0.1, -0.05) is 0 Å². The zero-order chi connectivity index (χ0) is 11.7. The third-order valence-corrected chi connectivity index (χ3v) is 4.08. The highest BCUT2D eigenvalue weighted by Gasteiger charge is 2.29. The molecule has 88 valence electrons. The van der Waals surface area contributed by atoms with Crippen LogP contribution < -0.4 is 5.32 Å². The van der Waals surface area contributed by atoms with Crippen molar-refractivity contribution >= 4 is 11.3 Å². The summed E-state index contributed by atoms with van der Waals surface area (Å²) in [5.41, 5.74) is 2.49. The van der Waals surface area contributed by atoms with E-state index in [1.54, 1.807) is 11.3 Å². The van der Waals surface area contributed by atoms with Crippen molar-refractivity contribution < 1.29 is 0 Å². The quantitative estimate of drug-likeness (QED) is 0.900. The molecule has 2 aromatic rings. The van der Waals surface area contributed by atoms with Crippen molar-refractivity contribution in [2.75, 3.05) is 7.05 Å². The lowest BCUT2D eigenvalue weighted by atomic mass is 10.2. The molecule has 0 atom stereocenters. The van der Waals surface area contributed by atoms with E-state index in [1.807, 2.05) is 31.6 Å². The summed E-state index contributed by atoms with van der Waals surface area (Å²) in [6.45, 7) is 0.925. The van der Waals surface area contributed by atoms with Crippen LogP contribution in [0, 0.1) is 0 Å². The lowest BCUT2D eigenvalue weighted by Gasteiger charge is -1.97. The zero-order valence-corrected chi connectivity index (χ0v) is 10.6. The van der Waals surface area contributed by atoms with Crippen molar-refractivity contribution in [3.05, 3.63) is 35.1 Å². The molecule has 0 radical (unpaired) electrons. The summed E-state index contributed by atoms with van der Waals surface area (Å²) < 4.78 is 0. The van der Waals surface area contributed by atoms with Crippen LogP contribution in [0.15, 0.2) is 24.5 Å². The van der Waals surface area contributed by atoms with Crippen molar-refractivity contribution in [2.24, 2.45) is 0 Å². The summed E-state index contributed by atoms with van der Waals surface area (Å²) >= 11 is 1.80. The Labute approximate surface area is 105 Å². The minimum atomic E-state index is 0.713. The fourth-order valence-electron chi connectivity index (χ4n) is 1.94. The van der Waals surface area contributed by atoms with E-state index in [0.717, 1.165) is 11.6 Å². The molecule has 0 bridgehead atoms. The molecule has 1 fully saturated rings. The summed E-state index contributed by atoms with van der Waals surface area (Å²) in [5.74, 6) is 0.713. The molecule has 2 heterocycles. The number of rotatable bonds is 4. The highest BCUT2D eigenvalue weighted by atomic mass is 32.1. The molecule has 3 nitrogen and oxygen atoms in total. The molecule has 2 aromatic heterocycles. The van der Waals surface area contributed by atoms with E-state index in [1.165, 1.54) is 29.0 Å². The molecule has 0 unspecified atom stereocenters. The first-order chi connectivity index (χ1) is 8.38. The topological polar surface area (TPSA) is 37.8 Å². The van der Waals surface area contributed by atoms with Gasteiger partial charge in [-0.15, -0.1) is 11.3 Å². The number of pyridine rings is 1. The molecule has 0 saturated heterocycles. The van der Waals surface area contributed by atoms with Crippen LogP contribution >= 0.6 is 11.3 Å². The van der Waals surface area contributed by atoms with Gasteiger partial charge in [0.25, 0.3) is 0 Å². The first-order valence-corrected chi connectivity index (χ1v) is 6.74. The van der Waals surface area contributed by atoms with Crippen LogP contribution in [0.4, 0.5) is 0 Å². The van der Waals surface area contributed by atoms with Crippen molar-refractivity contribution in [1.82, 2.24) is 15.3 Å². The number of nitrogens with one attached hydrogen (secondary N) is 1. The Bertz CT molecular complexity index is 503. The Morgan fingerprint density at radius 3 is 2.76 bits per heavy atom. The van der Waals surface area contributed by atoms with Crippen LogP contribution in [0.25, 0.3) is 10.6 Å². The number of hydrogen-bond donors (Lipinski definition) is 1. The van der Waals surface area contributed by atoms with E-state index in [-0.39, 0.29) is 0 Å². The third kappa shape index (κ3) is 2.23. The van der Waals surface area contributed by atoms with E-state index in [9.17, 15) is 0 Å². The second-order valence-corrected chi connectivity index (χ2v) is 5.45. The number of aromatic nitrogens is 2. The summed E-state index contributed by atoms with van der Waals surface area (Å²) in [5, 5.41) is 4.35. The van der Waals surface area contributed by atoms with E-state index in [0.29, 0.717) is 5.92 Å². The maximum Gasteiger partial charge on any atom is 0.124 e. The van der Waals surface area contributed by atoms with Crippen molar-refractivity contribution in [1.29, 1.82) is 0 Å². The second kappa shape index (κ2) is 4.55. The maximum absolute atomic E-state index is 4.81. The standard InChI is InChI=1S/C13H15N3S/c1-14-8-11-12(9-2-3-9)16-13(17-11)10-4-6-15-7-5-10/h4-7,9,14H,2-3,8H2,1H3. The molecule has 1 N–H and O–H groups in total. The number of nitrogens with zero attached hydrogens (tertiary/aromatic N) is 2. The van der Waals surface area contributed by atoms with E-state index < -0.39 is 0 Å². The summed E-state index contributed by atoms with van der Waals surface area (Å²) in [6, 6.07) is 4.05. The molecular weight excluding hydrogens is 230 g/mol. The van der Waals surface area contributed by atoms with Gasteiger partial charge < -0.3 is 5.32 Å². The van der Waals surface area contributed by atoms with E-state index >= 15 is 0 Å². The van der Waals surface area contributed by atoms with Gasteiger partial charge in [0.1, 0.15) is 5.01 Å². The molecular formula is C13H15N3S. The summed E-state index contributed by atoms with van der Waals surface area (Å²) in [7, 11) is 1.99. The van der Waals surface area contributed by atoms with E-state index in [4.69, 9.17) is 4.98 Å². The molecule has 4 heteroatoms. The van der Waals surface area contributed by atoms with Gasteiger partial charge in [0.15, 0.2) is 0 Å². The SMILES string of the molecule is CNCc1sc(-c2ccncc2)nc1C1CC1. The lowest BCUT2D eigenvalue weighted by Crippen LogP contribution is -2.05. The Kier molecular flexibility index (Phi) is 2.91. The van der Waals surface area contributed by atoms with Gasteiger partial charge in [-0.05, 0) is 32.0 Å². The molecule has 0 spiro atoms. The largest absolute Gasteiger partial charge is 0.315 e. The Hall–Kier alpha value is -1.26. The van der Waals surface area contributed by atoms with Gasteiger partial charge in [0.2, 0.25) is 0 Å². The zero-order valence-electron chi connectivity index (χ0n) is 9.81. The monoisotopic (exact) mass is 245 g/mol. The number of thiazole rings is 1. The Balaban J connectivity index is 1.98. The van der Waals surface area contributed by atoms with Gasteiger partial charge in [-0.2, -0.15) is 0 Å². The minimum Gasteiger partial charge on any atom is -0.315 e. The normalized spacial score (nSPS) is 15.1. The Morgan fingerprint density at radius 1 is 1.35 bits per heavy atom. The predicted molar refractivity (Wildman–Crippen MR) is 70.1 cm³/mol. The third-order valence-electron chi connectivity index (χ3n) is 2.96. The van der Waals surface area contributed by atoms with Crippen LogP contribution in [-0.4, -0.2) is 17.0 Å². The van der Waals surface area contributed by atoms with Crippen LogP contribution in [-0.2, 0) is 6.54 Å². The van der Waals surface area contributed by atoms with Crippen LogP contribution in [0.3, 0.4) is 0 Å². The predicted octanol–water partition coefficient (Wildman–Crippen LogP) is 2.80. The van der Waals surface area contributed by atoms with Gasteiger partial charge in [0, 0.05) is 35.3 Å². The molecule has 0 aromatic carbocycles. The molecule has 3 rings (SSSR count). The van der Waals surface area contributed by atoms with Crippen LogP contribution in [0.5, 0.6) is 0 Å². The first-order valence-electron chi connectivity index (χ1n) is 5.93. The fraction of sp³-hybridized carbons (Fsp3) is 0.385. The fourth-order valence-corrected chi connectivity index (χ4v) is 3.11. The minimum absolute atomic E-state index is 0.713. The first kappa shape index (κ1) is 10.9. The van der Waals surface area contributed by atoms with E-state index in [2.05, 4.69) is 10.3 Å². The summed E-state index contributed by atoms with van der Waals surface area (Å²) in [6.07, 6.45) is 6.25. The molecule has 1 aliphatic rings. The van der Waals surface area contributed by atoms with Gasteiger partial charge in [-0.3, -0.25) is 4.98 Å². The summed E-state index contributed by atoms with van der Waals surface area (Å²) in [4.78, 5) is 10.3. The van der Waals surface area contributed by atoms with Gasteiger partial charge in [0.05, 0.1) is 5.69 Å². The van der Waals surface area contributed by atoms with Crippen molar-refractivity contribution in [3.8, 4) is 10.6 Å². The average molecular weight is 245 g/mol. The second-order valence-electron chi connectivity index (χ2n) is 4.37.